The largest absolute Gasteiger partial charge is 0.361 e. The molecule has 5 heteroatoms. The molecule has 0 N–H and O–H groups in total. The first-order valence-electron chi connectivity index (χ1n) is 7.53. The highest BCUT2D eigenvalue weighted by Crippen LogP contribution is 2.35. The molecule has 1 aromatic carbocycles. The summed E-state index contributed by atoms with van der Waals surface area (Å²) in [5.74, 6) is 0.379. The van der Waals surface area contributed by atoms with Crippen LogP contribution in [0.2, 0.25) is 0 Å². The Morgan fingerprint density at radius 3 is 2.86 bits per heavy atom. The fourth-order valence-corrected chi connectivity index (χ4v) is 3.24. The van der Waals surface area contributed by atoms with E-state index in [4.69, 9.17) is 4.52 Å². The van der Waals surface area contributed by atoms with E-state index in [9.17, 15) is 9.18 Å². The van der Waals surface area contributed by atoms with Crippen LogP contribution in [0.3, 0.4) is 0 Å². The highest BCUT2D eigenvalue weighted by molar-refractivity contribution is 5.79. The molecule has 1 aliphatic heterocycles. The first-order valence-corrected chi connectivity index (χ1v) is 7.53. The molecule has 2 heterocycles. The van der Waals surface area contributed by atoms with Crippen LogP contribution < -0.4 is 0 Å². The van der Waals surface area contributed by atoms with Crippen LogP contribution in [-0.2, 0) is 11.2 Å². The molecule has 22 heavy (non-hydrogen) atoms. The van der Waals surface area contributed by atoms with E-state index in [1.54, 1.807) is 18.2 Å². The normalized spacial score (nSPS) is 18.0. The monoisotopic (exact) mass is 302 g/mol. The molecule has 3 rings (SSSR count). The van der Waals surface area contributed by atoms with Crippen molar-refractivity contribution < 1.29 is 13.7 Å². The number of carbonyl (C=O) groups is 1. The van der Waals surface area contributed by atoms with E-state index >= 15 is 0 Å². The molecule has 0 aliphatic carbocycles. The van der Waals surface area contributed by atoms with E-state index in [0.717, 1.165) is 29.9 Å². The quantitative estimate of drug-likeness (QED) is 0.873. The van der Waals surface area contributed by atoms with Gasteiger partial charge in [0, 0.05) is 12.1 Å². The van der Waals surface area contributed by atoms with Gasteiger partial charge in [0.05, 0.1) is 18.2 Å². The number of benzene rings is 1. The second-order valence-corrected chi connectivity index (χ2v) is 5.75. The van der Waals surface area contributed by atoms with Crippen LogP contribution in [0, 0.1) is 19.7 Å². The van der Waals surface area contributed by atoms with Crippen molar-refractivity contribution in [3.63, 3.8) is 0 Å². The number of hydrogen-bond acceptors (Lipinski definition) is 3. The molecule has 1 atom stereocenters. The molecule has 116 valence electrons. The lowest BCUT2D eigenvalue weighted by atomic mass is 10.0. The molecule has 0 radical (unpaired) electrons. The maximum absolute atomic E-state index is 13.7. The number of nitrogens with zero attached hydrogens (tertiary/aromatic N) is 2. The Kier molecular flexibility index (Phi) is 3.96. The van der Waals surface area contributed by atoms with Gasteiger partial charge < -0.3 is 9.42 Å². The van der Waals surface area contributed by atoms with Gasteiger partial charge in [0.1, 0.15) is 11.6 Å². The molecule has 2 aromatic rings. The summed E-state index contributed by atoms with van der Waals surface area (Å²) >= 11 is 0. The molecule has 0 unspecified atom stereocenters. The highest BCUT2D eigenvalue weighted by atomic mass is 19.1. The van der Waals surface area contributed by atoms with Crippen LogP contribution in [0.4, 0.5) is 4.39 Å². The summed E-state index contributed by atoms with van der Waals surface area (Å²) < 4.78 is 19.0. The van der Waals surface area contributed by atoms with E-state index < -0.39 is 0 Å². The molecule has 1 amide bonds. The van der Waals surface area contributed by atoms with Gasteiger partial charge in [-0.3, -0.25) is 4.79 Å². The van der Waals surface area contributed by atoms with Crippen molar-refractivity contribution in [3.8, 4) is 0 Å². The molecule has 1 saturated heterocycles. The minimum Gasteiger partial charge on any atom is -0.361 e. The topological polar surface area (TPSA) is 46.3 Å². The zero-order chi connectivity index (χ0) is 15.7. The lowest BCUT2D eigenvalue weighted by Crippen LogP contribution is -2.32. The van der Waals surface area contributed by atoms with Gasteiger partial charge in [-0.05, 0) is 38.3 Å². The van der Waals surface area contributed by atoms with E-state index in [1.807, 2.05) is 18.7 Å². The van der Waals surface area contributed by atoms with Crippen LogP contribution in [-0.4, -0.2) is 22.5 Å². The van der Waals surface area contributed by atoms with Gasteiger partial charge in [-0.1, -0.05) is 23.4 Å². The molecular formula is C17H19FN2O2. The molecule has 1 aromatic heterocycles. The van der Waals surface area contributed by atoms with Gasteiger partial charge in [0.2, 0.25) is 5.91 Å². The SMILES string of the molecule is Cc1noc(C)c1[C@@H]1CCCN1C(=O)Cc1ccccc1F. The lowest BCUT2D eigenvalue weighted by molar-refractivity contribution is -0.131. The smallest absolute Gasteiger partial charge is 0.227 e. The van der Waals surface area contributed by atoms with Gasteiger partial charge in [-0.2, -0.15) is 0 Å². The van der Waals surface area contributed by atoms with Crippen LogP contribution in [0.15, 0.2) is 28.8 Å². The van der Waals surface area contributed by atoms with E-state index in [2.05, 4.69) is 5.16 Å². The predicted molar refractivity (Wildman–Crippen MR) is 79.8 cm³/mol. The standard InChI is InChI=1S/C17H19FN2O2/c1-11-17(12(2)22-19-11)15-8-5-9-20(15)16(21)10-13-6-3-4-7-14(13)18/h3-4,6-7,15H,5,8-10H2,1-2H3/t15-/m0/s1. The Labute approximate surface area is 128 Å². The zero-order valence-corrected chi connectivity index (χ0v) is 12.8. The summed E-state index contributed by atoms with van der Waals surface area (Å²) in [5, 5.41) is 3.98. The molecule has 0 saturated carbocycles. The number of carbonyl (C=O) groups excluding carboxylic acids is 1. The zero-order valence-electron chi connectivity index (χ0n) is 12.8. The highest BCUT2D eigenvalue weighted by Gasteiger charge is 2.33. The summed E-state index contributed by atoms with van der Waals surface area (Å²) in [4.78, 5) is 14.4. The van der Waals surface area contributed by atoms with Crippen LogP contribution in [0.5, 0.6) is 0 Å². The average molecular weight is 302 g/mol. The summed E-state index contributed by atoms with van der Waals surface area (Å²) in [6.45, 7) is 4.46. The van der Waals surface area contributed by atoms with Crippen LogP contribution in [0.25, 0.3) is 0 Å². The summed E-state index contributed by atoms with van der Waals surface area (Å²) in [5.41, 5.74) is 2.27. The molecule has 1 aliphatic rings. The van der Waals surface area contributed by atoms with Crippen molar-refractivity contribution in [2.75, 3.05) is 6.54 Å². The minimum absolute atomic E-state index is 0.00877. The number of halogens is 1. The van der Waals surface area contributed by atoms with Crippen molar-refractivity contribution in [2.24, 2.45) is 0 Å². The second kappa shape index (κ2) is 5.91. The van der Waals surface area contributed by atoms with Gasteiger partial charge in [-0.25, -0.2) is 4.39 Å². The van der Waals surface area contributed by atoms with Gasteiger partial charge in [0.15, 0.2) is 0 Å². The van der Waals surface area contributed by atoms with E-state index in [0.29, 0.717) is 12.1 Å². The van der Waals surface area contributed by atoms with Crippen LogP contribution >= 0.6 is 0 Å². The number of rotatable bonds is 3. The minimum atomic E-state index is -0.330. The third-order valence-corrected chi connectivity index (χ3v) is 4.29. The summed E-state index contributed by atoms with van der Waals surface area (Å²) in [7, 11) is 0. The van der Waals surface area contributed by atoms with Crippen LogP contribution in [0.1, 0.15) is 41.5 Å². The molecule has 4 nitrogen and oxygen atoms in total. The first-order chi connectivity index (χ1) is 10.6. The Morgan fingerprint density at radius 1 is 1.41 bits per heavy atom. The first kappa shape index (κ1) is 14.8. The fraction of sp³-hybridized carbons (Fsp3) is 0.412. The average Bonchev–Trinajstić information content (AvgIpc) is 3.08. The molecular weight excluding hydrogens is 283 g/mol. The number of likely N-dealkylation sites (tertiary alicyclic amines) is 1. The summed E-state index contributed by atoms with van der Waals surface area (Å²) in [6.07, 6.45) is 1.93. The second-order valence-electron chi connectivity index (χ2n) is 5.75. The maximum Gasteiger partial charge on any atom is 0.227 e. The molecule has 0 spiro atoms. The molecule has 0 bridgehead atoms. The number of amides is 1. The Hall–Kier alpha value is -2.17. The van der Waals surface area contributed by atoms with E-state index in [-0.39, 0.29) is 24.2 Å². The maximum atomic E-state index is 13.7. The van der Waals surface area contributed by atoms with E-state index in [1.165, 1.54) is 6.07 Å². The van der Waals surface area contributed by atoms with Crippen molar-refractivity contribution >= 4 is 5.91 Å². The van der Waals surface area contributed by atoms with Gasteiger partial charge >= 0.3 is 0 Å². The Bertz CT molecular complexity index is 676. The number of aryl methyl sites for hydroxylation is 2. The van der Waals surface area contributed by atoms with Crippen molar-refractivity contribution in [1.29, 1.82) is 0 Å². The number of hydrogen-bond donors (Lipinski definition) is 0. The van der Waals surface area contributed by atoms with Crippen molar-refractivity contribution in [1.82, 2.24) is 10.1 Å². The fourth-order valence-electron chi connectivity index (χ4n) is 3.24. The summed E-state index contributed by atoms with van der Waals surface area (Å²) in [6, 6.07) is 6.42. The van der Waals surface area contributed by atoms with Crippen molar-refractivity contribution in [2.45, 2.75) is 39.2 Å². The van der Waals surface area contributed by atoms with Gasteiger partial charge in [-0.15, -0.1) is 0 Å². The molecule has 1 fully saturated rings. The third-order valence-electron chi connectivity index (χ3n) is 4.29. The Balaban J connectivity index is 1.81. The number of aromatic nitrogens is 1. The third kappa shape index (κ3) is 2.63. The Morgan fingerprint density at radius 2 is 2.18 bits per heavy atom. The predicted octanol–water partition coefficient (Wildman–Crippen LogP) is 3.34. The van der Waals surface area contributed by atoms with Crippen molar-refractivity contribution in [3.05, 3.63) is 52.7 Å². The van der Waals surface area contributed by atoms with Gasteiger partial charge in [0.25, 0.3) is 0 Å². The lowest BCUT2D eigenvalue weighted by Gasteiger charge is -2.25.